The van der Waals surface area contributed by atoms with E-state index in [1.54, 1.807) is 6.07 Å². The Morgan fingerprint density at radius 1 is 1.04 bits per heavy atom. The molecular weight excluding hydrogens is 456 g/mol. The fourth-order valence-corrected chi connectivity index (χ4v) is 3.40. The SMILES string of the molecule is O=S(=O)(Oc1cc(C(F)(F)F)nn1-c1ccc(Br)cc1F)c1ccccc1. The zero-order valence-electron chi connectivity index (χ0n) is 13.1. The molecule has 0 aliphatic rings. The summed E-state index contributed by atoms with van der Waals surface area (Å²) in [5.41, 5.74) is -1.84. The molecule has 0 amide bonds. The zero-order chi connectivity index (χ0) is 19.8. The quantitative estimate of drug-likeness (QED) is 0.419. The fraction of sp³-hybridized carbons (Fsp3) is 0.0625. The molecule has 0 N–H and O–H groups in total. The lowest BCUT2D eigenvalue weighted by Gasteiger charge is -2.10. The summed E-state index contributed by atoms with van der Waals surface area (Å²) in [6.07, 6.45) is -4.88. The van der Waals surface area contributed by atoms with Crippen LogP contribution in [-0.4, -0.2) is 18.2 Å². The van der Waals surface area contributed by atoms with Crippen molar-refractivity contribution in [3.8, 4) is 11.6 Å². The highest BCUT2D eigenvalue weighted by molar-refractivity contribution is 9.10. The van der Waals surface area contributed by atoms with Crippen molar-refractivity contribution in [3.63, 3.8) is 0 Å². The van der Waals surface area contributed by atoms with Crippen LogP contribution in [0.3, 0.4) is 0 Å². The molecular formula is C16H9BrF4N2O3S. The summed E-state index contributed by atoms with van der Waals surface area (Å²) >= 11 is 3.03. The lowest BCUT2D eigenvalue weighted by atomic mass is 10.3. The van der Waals surface area contributed by atoms with Gasteiger partial charge < -0.3 is 4.18 Å². The number of nitrogens with zero attached hydrogens (tertiary/aromatic N) is 2. The van der Waals surface area contributed by atoms with Gasteiger partial charge in [0.15, 0.2) is 5.69 Å². The first-order valence-corrected chi connectivity index (χ1v) is 9.40. The van der Waals surface area contributed by atoms with Gasteiger partial charge in [-0.25, -0.2) is 4.39 Å². The van der Waals surface area contributed by atoms with Gasteiger partial charge in [-0.2, -0.15) is 31.4 Å². The largest absolute Gasteiger partial charge is 0.435 e. The van der Waals surface area contributed by atoms with Crippen molar-refractivity contribution in [1.82, 2.24) is 9.78 Å². The number of rotatable bonds is 4. The van der Waals surface area contributed by atoms with Crippen LogP contribution in [0.4, 0.5) is 17.6 Å². The third kappa shape index (κ3) is 4.14. The molecule has 0 spiro atoms. The summed E-state index contributed by atoms with van der Waals surface area (Å²) in [5.74, 6) is -1.73. The van der Waals surface area contributed by atoms with Gasteiger partial charge in [0.25, 0.3) is 0 Å². The molecule has 0 atom stereocenters. The molecule has 0 saturated heterocycles. The summed E-state index contributed by atoms with van der Waals surface area (Å²) in [6.45, 7) is 0. The number of hydrogen-bond acceptors (Lipinski definition) is 4. The first-order valence-electron chi connectivity index (χ1n) is 7.20. The second kappa shape index (κ2) is 6.97. The predicted octanol–water partition coefficient (Wildman–Crippen LogP) is 4.56. The fourth-order valence-electron chi connectivity index (χ4n) is 2.14. The third-order valence-electron chi connectivity index (χ3n) is 3.33. The van der Waals surface area contributed by atoms with E-state index in [9.17, 15) is 26.0 Å². The van der Waals surface area contributed by atoms with Gasteiger partial charge >= 0.3 is 16.3 Å². The third-order valence-corrected chi connectivity index (χ3v) is 5.06. The Morgan fingerprint density at radius 3 is 2.30 bits per heavy atom. The van der Waals surface area contributed by atoms with Crippen LogP contribution in [-0.2, 0) is 16.3 Å². The number of aromatic nitrogens is 2. The van der Waals surface area contributed by atoms with Crippen LogP contribution in [0.5, 0.6) is 5.88 Å². The van der Waals surface area contributed by atoms with Crippen LogP contribution in [0, 0.1) is 5.82 Å². The molecule has 3 rings (SSSR count). The van der Waals surface area contributed by atoms with Gasteiger partial charge in [0, 0.05) is 10.5 Å². The van der Waals surface area contributed by atoms with Gasteiger partial charge in [-0.05, 0) is 30.3 Å². The Morgan fingerprint density at radius 2 is 1.70 bits per heavy atom. The van der Waals surface area contributed by atoms with E-state index in [1.807, 2.05) is 0 Å². The number of halogens is 5. The standard InChI is InChI=1S/C16H9BrF4N2O3S/c17-10-6-7-13(12(18)8-10)23-15(9-14(22-23)16(19,20)21)26-27(24,25)11-4-2-1-3-5-11/h1-9H. The van der Waals surface area contributed by atoms with Crippen LogP contribution in [0.25, 0.3) is 5.69 Å². The minimum absolute atomic E-state index is 0.275. The van der Waals surface area contributed by atoms with E-state index < -0.39 is 39.4 Å². The maximum atomic E-state index is 14.2. The van der Waals surface area contributed by atoms with Crippen molar-refractivity contribution in [2.24, 2.45) is 0 Å². The van der Waals surface area contributed by atoms with Crippen LogP contribution in [0.1, 0.15) is 5.69 Å². The van der Waals surface area contributed by atoms with Gasteiger partial charge in [-0.3, -0.25) is 0 Å². The monoisotopic (exact) mass is 464 g/mol. The van der Waals surface area contributed by atoms with Crippen molar-refractivity contribution in [2.45, 2.75) is 11.1 Å². The molecule has 3 aromatic rings. The number of benzene rings is 2. The maximum absolute atomic E-state index is 14.2. The average molecular weight is 465 g/mol. The molecule has 0 radical (unpaired) electrons. The summed E-state index contributed by atoms with van der Waals surface area (Å²) in [6, 6.07) is 10.7. The van der Waals surface area contributed by atoms with Gasteiger partial charge in [0.05, 0.1) is 0 Å². The van der Waals surface area contributed by atoms with E-state index in [4.69, 9.17) is 4.18 Å². The normalized spacial score (nSPS) is 12.2. The van der Waals surface area contributed by atoms with Crippen LogP contribution >= 0.6 is 15.9 Å². The highest BCUT2D eigenvalue weighted by atomic mass is 79.9. The Bertz CT molecular complexity index is 1080. The highest BCUT2D eigenvalue weighted by Crippen LogP contribution is 2.34. The van der Waals surface area contributed by atoms with Crippen LogP contribution < -0.4 is 4.18 Å². The molecule has 0 saturated carbocycles. The molecule has 11 heteroatoms. The van der Waals surface area contributed by atoms with Gasteiger partial charge in [0.1, 0.15) is 16.4 Å². The smallest absolute Gasteiger partial charge is 0.358 e. The first-order chi connectivity index (χ1) is 12.6. The number of hydrogen-bond donors (Lipinski definition) is 0. The molecule has 1 aromatic heterocycles. The predicted molar refractivity (Wildman–Crippen MR) is 90.5 cm³/mol. The summed E-state index contributed by atoms with van der Waals surface area (Å²) in [4.78, 5) is -0.275. The Kier molecular flexibility index (Phi) is 5.00. The van der Waals surface area contributed by atoms with Crippen molar-refractivity contribution in [1.29, 1.82) is 0 Å². The van der Waals surface area contributed by atoms with E-state index in [0.29, 0.717) is 15.2 Å². The summed E-state index contributed by atoms with van der Waals surface area (Å²) in [5, 5.41) is 3.27. The van der Waals surface area contributed by atoms with Gasteiger partial charge in [-0.1, -0.05) is 34.1 Å². The van der Waals surface area contributed by atoms with Crippen LogP contribution in [0.2, 0.25) is 0 Å². The van der Waals surface area contributed by atoms with Crippen molar-refractivity contribution < 1.29 is 30.2 Å². The van der Waals surface area contributed by atoms with Crippen molar-refractivity contribution in [2.75, 3.05) is 0 Å². The molecule has 5 nitrogen and oxygen atoms in total. The molecule has 0 fully saturated rings. The van der Waals surface area contributed by atoms with Gasteiger partial charge in [-0.15, -0.1) is 0 Å². The van der Waals surface area contributed by atoms with E-state index in [0.717, 1.165) is 12.1 Å². The van der Waals surface area contributed by atoms with E-state index in [2.05, 4.69) is 21.0 Å². The van der Waals surface area contributed by atoms with Gasteiger partial charge in [0.2, 0.25) is 5.88 Å². The second-order valence-corrected chi connectivity index (χ2v) is 7.69. The zero-order valence-corrected chi connectivity index (χ0v) is 15.5. The first kappa shape index (κ1) is 19.4. The Balaban J connectivity index is 2.13. The highest BCUT2D eigenvalue weighted by Gasteiger charge is 2.36. The molecule has 1 heterocycles. The topological polar surface area (TPSA) is 61.2 Å². The van der Waals surface area contributed by atoms with Crippen LogP contribution in [0.15, 0.2) is 64.0 Å². The van der Waals surface area contributed by atoms with Crippen molar-refractivity contribution >= 4 is 26.0 Å². The average Bonchev–Trinajstić information content (AvgIpc) is 2.99. The lowest BCUT2D eigenvalue weighted by Crippen LogP contribution is -2.13. The Labute approximate surface area is 159 Å². The lowest BCUT2D eigenvalue weighted by molar-refractivity contribution is -0.141. The minimum Gasteiger partial charge on any atom is -0.358 e. The Hall–Kier alpha value is -2.40. The molecule has 2 aromatic carbocycles. The molecule has 0 unspecified atom stereocenters. The number of alkyl halides is 3. The summed E-state index contributed by atoms with van der Waals surface area (Å²) in [7, 11) is -4.46. The molecule has 27 heavy (non-hydrogen) atoms. The minimum atomic E-state index is -4.88. The molecule has 0 bridgehead atoms. The molecule has 142 valence electrons. The van der Waals surface area contributed by atoms with E-state index >= 15 is 0 Å². The maximum Gasteiger partial charge on any atom is 0.435 e. The van der Waals surface area contributed by atoms with Crippen molar-refractivity contribution in [3.05, 3.63) is 70.6 Å². The van der Waals surface area contributed by atoms with E-state index in [-0.39, 0.29) is 4.90 Å². The molecule has 0 aliphatic carbocycles. The second-order valence-electron chi connectivity index (χ2n) is 5.22. The molecule has 0 aliphatic heterocycles. The summed E-state index contributed by atoms with van der Waals surface area (Å²) < 4.78 is 83.6. The van der Waals surface area contributed by atoms with E-state index in [1.165, 1.54) is 30.3 Å².